The Morgan fingerprint density at radius 1 is 1.02 bits per heavy atom. The summed E-state index contributed by atoms with van der Waals surface area (Å²) in [6.45, 7) is 6.11. The van der Waals surface area contributed by atoms with Crippen LogP contribution in [-0.2, 0) is 25.6 Å². The minimum absolute atomic E-state index is 0.0427. The highest BCUT2D eigenvalue weighted by atomic mass is 16.6. The summed E-state index contributed by atoms with van der Waals surface area (Å²) in [5.41, 5.74) is 1.10. The predicted molar refractivity (Wildman–Crippen MR) is 177 cm³/mol. The number of rotatable bonds is 14. The van der Waals surface area contributed by atoms with E-state index in [4.69, 9.17) is 29.0 Å². The average Bonchev–Trinajstić information content (AvgIpc) is 3.43. The molecule has 10 nitrogen and oxygen atoms in total. The Balaban J connectivity index is 1.72. The molecule has 3 aromatic carbocycles. The van der Waals surface area contributed by atoms with E-state index in [1.165, 1.54) is 0 Å². The molecule has 0 fully saturated rings. The van der Waals surface area contributed by atoms with Gasteiger partial charge in [0.15, 0.2) is 11.6 Å². The Morgan fingerprint density at radius 2 is 1.74 bits per heavy atom. The molecule has 10 heteroatoms. The first-order valence-electron chi connectivity index (χ1n) is 15.4. The average molecular weight is 632 g/mol. The zero-order chi connectivity index (χ0) is 33.3. The maximum atomic E-state index is 14.4. The molecular weight excluding hydrogens is 586 g/mol. The number of ether oxygens (including phenoxy) is 4. The van der Waals surface area contributed by atoms with Crippen LogP contribution < -0.4 is 19.7 Å². The van der Waals surface area contributed by atoms with Crippen molar-refractivity contribution in [3.8, 4) is 11.5 Å². The molecule has 0 aliphatic carbocycles. The van der Waals surface area contributed by atoms with Gasteiger partial charge in [-0.1, -0.05) is 24.3 Å². The largest absolute Gasteiger partial charge is 0.497 e. The number of nitrogens with zero attached hydrogens (tertiary/aromatic N) is 2. The number of amides is 1. The number of aliphatic hydroxyl groups is 1. The Bertz CT molecular complexity index is 1500. The lowest BCUT2D eigenvalue weighted by molar-refractivity contribution is -0.155. The highest BCUT2D eigenvalue weighted by Gasteiger charge is 2.53. The third kappa shape index (κ3) is 8.78. The van der Waals surface area contributed by atoms with Crippen molar-refractivity contribution in [3.05, 3.63) is 89.5 Å². The SMILES string of the molecule is COc1cccc([C@H]2OC(c3ccc(OCCCO)cc3)=N[C@@]2(CCC(=O)OC(C)(C)C)C(=O)NCc2ccc(N(C)C)cc2)c1. The first kappa shape index (κ1) is 34.3. The molecule has 0 aromatic heterocycles. The van der Waals surface area contributed by atoms with Crippen molar-refractivity contribution < 1.29 is 33.6 Å². The van der Waals surface area contributed by atoms with Gasteiger partial charge in [0, 0.05) is 51.3 Å². The maximum Gasteiger partial charge on any atom is 0.306 e. The highest BCUT2D eigenvalue weighted by Crippen LogP contribution is 2.44. The van der Waals surface area contributed by atoms with Gasteiger partial charge in [-0.05, 0) is 86.8 Å². The van der Waals surface area contributed by atoms with E-state index in [0.717, 1.165) is 11.3 Å². The number of hydrogen-bond acceptors (Lipinski definition) is 9. The first-order valence-corrected chi connectivity index (χ1v) is 15.4. The monoisotopic (exact) mass is 631 g/mol. The van der Waals surface area contributed by atoms with Gasteiger partial charge >= 0.3 is 5.97 Å². The number of esters is 1. The zero-order valence-corrected chi connectivity index (χ0v) is 27.5. The van der Waals surface area contributed by atoms with E-state index in [-0.39, 0.29) is 37.8 Å². The van der Waals surface area contributed by atoms with E-state index < -0.39 is 23.2 Å². The van der Waals surface area contributed by atoms with Crippen molar-refractivity contribution in [1.82, 2.24) is 5.32 Å². The highest BCUT2D eigenvalue weighted by molar-refractivity contribution is 6.01. The van der Waals surface area contributed by atoms with E-state index >= 15 is 0 Å². The van der Waals surface area contributed by atoms with E-state index in [1.807, 2.05) is 79.7 Å². The van der Waals surface area contributed by atoms with E-state index in [9.17, 15) is 9.59 Å². The Labute approximate surface area is 271 Å². The second-order valence-electron chi connectivity index (χ2n) is 12.4. The van der Waals surface area contributed by atoms with E-state index in [2.05, 4.69) is 5.32 Å². The van der Waals surface area contributed by atoms with Gasteiger partial charge in [0.25, 0.3) is 5.91 Å². The van der Waals surface area contributed by atoms with Gasteiger partial charge in [-0.3, -0.25) is 9.59 Å². The number of hydrogen-bond donors (Lipinski definition) is 2. The number of carbonyl (C=O) groups excluding carboxylic acids is 2. The van der Waals surface area contributed by atoms with Crippen LogP contribution >= 0.6 is 0 Å². The van der Waals surface area contributed by atoms with Crippen LogP contribution in [0.15, 0.2) is 77.8 Å². The van der Waals surface area contributed by atoms with Crippen molar-refractivity contribution >= 4 is 23.5 Å². The molecule has 246 valence electrons. The molecule has 1 amide bonds. The normalized spacial score (nSPS) is 17.5. The molecule has 0 unspecified atom stereocenters. The van der Waals surface area contributed by atoms with Crippen LogP contribution in [0.5, 0.6) is 11.5 Å². The summed E-state index contributed by atoms with van der Waals surface area (Å²) in [5, 5.41) is 12.1. The maximum absolute atomic E-state index is 14.4. The fourth-order valence-corrected chi connectivity index (χ4v) is 5.11. The molecule has 0 bridgehead atoms. The molecule has 1 heterocycles. The second-order valence-corrected chi connectivity index (χ2v) is 12.4. The van der Waals surface area contributed by atoms with Crippen molar-refractivity contribution in [2.24, 2.45) is 4.99 Å². The van der Waals surface area contributed by atoms with E-state index in [1.54, 1.807) is 40.0 Å². The van der Waals surface area contributed by atoms with Crippen LogP contribution in [-0.4, -0.2) is 68.4 Å². The Morgan fingerprint density at radius 3 is 2.37 bits per heavy atom. The quantitative estimate of drug-likeness (QED) is 0.184. The number of methoxy groups -OCH3 is 1. The fourth-order valence-electron chi connectivity index (χ4n) is 5.11. The summed E-state index contributed by atoms with van der Waals surface area (Å²) in [4.78, 5) is 34.4. The van der Waals surface area contributed by atoms with Gasteiger partial charge in [-0.25, -0.2) is 4.99 Å². The summed E-state index contributed by atoms with van der Waals surface area (Å²) in [6.07, 6.45) is -0.354. The molecule has 2 atom stereocenters. The van der Waals surface area contributed by atoms with Gasteiger partial charge in [-0.2, -0.15) is 0 Å². The lowest BCUT2D eigenvalue weighted by Crippen LogP contribution is -2.48. The summed E-state index contributed by atoms with van der Waals surface area (Å²) >= 11 is 0. The van der Waals surface area contributed by atoms with Crippen LogP contribution in [0.25, 0.3) is 0 Å². The molecule has 4 rings (SSSR count). The molecule has 2 N–H and O–H groups in total. The molecule has 0 radical (unpaired) electrons. The third-order valence-corrected chi connectivity index (χ3v) is 7.46. The number of aliphatic imine (C=N–C) groups is 1. The standard InChI is InChI=1S/C36H45N3O7/c1-35(2,3)46-31(41)19-20-36(34(42)37-24-25-11-15-28(16-12-25)39(4)5)32(27-9-7-10-30(23-27)43-6)45-33(38-36)26-13-17-29(18-14-26)44-22-8-21-40/h7,9-18,23,32,40H,8,19-22,24H2,1-6H3,(H,37,42)/t32-,36-/m1/s1. The lowest BCUT2D eigenvalue weighted by atomic mass is 9.83. The first-order chi connectivity index (χ1) is 21.9. The molecule has 0 spiro atoms. The lowest BCUT2D eigenvalue weighted by Gasteiger charge is -2.31. The number of anilines is 1. The van der Waals surface area contributed by atoms with Gasteiger partial charge in [0.2, 0.25) is 5.90 Å². The van der Waals surface area contributed by atoms with E-state index in [0.29, 0.717) is 35.7 Å². The summed E-state index contributed by atoms with van der Waals surface area (Å²) in [5.74, 6) is 0.691. The molecule has 3 aromatic rings. The summed E-state index contributed by atoms with van der Waals surface area (Å²) in [6, 6.07) is 22.4. The fraction of sp³-hybridized carbons (Fsp3) is 0.417. The minimum atomic E-state index is -1.50. The number of nitrogens with one attached hydrogen (secondary N) is 1. The zero-order valence-electron chi connectivity index (χ0n) is 27.5. The van der Waals surface area contributed by atoms with Crippen LogP contribution in [0, 0.1) is 0 Å². The Kier molecular flexibility index (Phi) is 11.3. The van der Waals surface area contributed by atoms with Gasteiger partial charge in [-0.15, -0.1) is 0 Å². The van der Waals surface area contributed by atoms with Crippen molar-refractivity contribution in [1.29, 1.82) is 0 Å². The molecule has 1 aliphatic rings. The van der Waals surface area contributed by atoms with Crippen LogP contribution in [0.3, 0.4) is 0 Å². The molecule has 0 saturated heterocycles. The van der Waals surface area contributed by atoms with Crippen molar-refractivity contribution in [2.75, 3.05) is 39.3 Å². The molecule has 0 saturated carbocycles. The number of aliphatic hydroxyl groups excluding tert-OH is 1. The van der Waals surface area contributed by atoms with Gasteiger partial charge in [0.1, 0.15) is 17.1 Å². The third-order valence-electron chi connectivity index (χ3n) is 7.46. The van der Waals surface area contributed by atoms with Gasteiger partial charge in [0.05, 0.1) is 13.7 Å². The number of benzene rings is 3. The number of carbonyl (C=O) groups is 2. The van der Waals surface area contributed by atoms with Gasteiger partial charge < -0.3 is 34.3 Å². The van der Waals surface area contributed by atoms with Crippen molar-refractivity contribution in [2.45, 2.75) is 63.8 Å². The molecule has 46 heavy (non-hydrogen) atoms. The van der Waals surface area contributed by atoms with Crippen LogP contribution in [0.2, 0.25) is 0 Å². The second kappa shape index (κ2) is 15.1. The van der Waals surface area contributed by atoms with Crippen LogP contribution in [0.1, 0.15) is 62.8 Å². The summed E-state index contributed by atoms with van der Waals surface area (Å²) in [7, 11) is 5.51. The molecular formula is C36H45N3O7. The minimum Gasteiger partial charge on any atom is -0.497 e. The summed E-state index contributed by atoms with van der Waals surface area (Å²) < 4.78 is 23.3. The smallest absolute Gasteiger partial charge is 0.306 e. The topological polar surface area (TPSA) is 119 Å². The predicted octanol–water partition coefficient (Wildman–Crippen LogP) is 5.22. The molecule has 1 aliphatic heterocycles. The van der Waals surface area contributed by atoms with Crippen molar-refractivity contribution in [3.63, 3.8) is 0 Å². The Hall–Kier alpha value is -4.57. The van der Waals surface area contributed by atoms with Crippen LogP contribution in [0.4, 0.5) is 5.69 Å².